The standard InChI is InChI=1S/C9H18BrNO/c1-8(2)6-11-3-4-12-7-9(11)5-10/h8-9H,3-7H2,1-2H3. The largest absolute Gasteiger partial charge is 0.378 e. The van der Waals surface area contributed by atoms with Crippen LogP contribution in [0.15, 0.2) is 0 Å². The second-order valence-corrected chi connectivity index (χ2v) is 4.42. The van der Waals surface area contributed by atoms with E-state index in [1.54, 1.807) is 0 Å². The van der Waals surface area contributed by atoms with Crippen molar-refractivity contribution < 1.29 is 4.74 Å². The molecular formula is C9H18BrNO. The number of halogens is 1. The van der Waals surface area contributed by atoms with Gasteiger partial charge in [-0.1, -0.05) is 29.8 Å². The maximum atomic E-state index is 5.41. The van der Waals surface area contributed by atoms with E-state index in [1.807, 2.05) is 0 Å². The molecule has 0 radical (unpaired) electrons. The highest BCUT2D eigenvalue weighted by molar-refractivity contribution is 9.09. The zero-order valence-corrected chi connectivity index (χ0v) is 9.51. The van der Waals surface area contributed by atoms with Gasteiger partial charge in [-0.15, -0.1) is 0 Å². The zero-order chi connectivity index (χ0) is 8.97. The molecule has 1 aliphatic heterocycles. The van der Waals surface area contributed by atoms with Crippen molar-refractivity contribution in [3.8, 4) is 0 Å². The van der Waals surface area contributed by atoms with Crippen LogP contribution >= 0.6 is 15.9 Å². The maximum Gasteiger partial charge on any atom is 0.0630 e. The van der Waals surface area contributed by atoms with Crippen LogP contribution in [0.3, 0.4) is 0 Å². The van der Waals surface area contributed by atoms with Crippen molar-refractivity contribution in [1.82, 2.24) is 4.90 Å². The fourth-order valence-corrected chi connectivity index (χ4v) is 2.14. The van der Waals surface area contributed by atoms with E-state index in [1.165, 1.54) is 6.54 Å². The second kappa shape index (κ2) is 5.20. The first-order valence-corrected chi connectivity index (χ1v) is 5.74. The summed E-state index contributed by atoms with van der Waals surface area (Å²) in [5.74, 6) is 0.754. The third-order valence-corrected chi connectivity index (χ3v) is 2.87. The van der Waals surface area contributed by atoms with Crippen molar-refractivity contribution in [2.75, 3.05) is 31.6 Å². The first-order valence-electron chi connectivity index (χ1n) is 4.61. The smallest absolute Gasteiger partial charge is 0.0630 e. The quantitative estimate of drug-likeness (QED) is 0.692. The molecule has 0 saturated carbocycles. The van der Waals surface area contributed by atoms with E-state index >= 15 is 0 Å². The van der Waals surface area contributed by atoms with Crippen LogP contribution in [-0.4, -0.2) is 42.6 Å². The molecule has 0 amide bonds. The summed E-state index contributed by atoms with van der Waals surface area (Å²) in [4.78, 5) is 2.52. The van der Waals surface area contributed by atoms with E-state index in [4.69, 9.17) is 4.74 Å². The third kappa shape index (κ3) is 3.04. The van der Waals surface area contributed by atoms with Crippen LogP contribution < -0.4 is 0 Å². The predicted octanol–water partition coefficient (Wildman–Crippen LogP) is 1.74. The molecule has 0 spiro atoms. The highest BCUT2D eigenvalue weighted by Crippen LogP contribution is 2.11. The van der Waals surface area contributed by atoms with Gasteiger partial charge in [0.25, 0.3) is 0 Å². The number of ether oxygens (including phenoxy) is 1. The topological polar surface area (TPSA) is 12.5 Å². The van der Waals surface area contributed by atoms with Crippen LogP contribution in [0.1, 0.15) is 13.8 Å². The van der Waals surface area contributed by atoms with Gasteiger partial charge in [-0.25, -0.2) is 0 Å². The molecule has 1 unspecified atom stereocenters. The van der Waals surface area contributed by atoms with Crippen molar-refractivity contribution in [2.45, 2.75) is 19.9 Å². The number of morpholine rings is 1. The summed E-state index contributed by atoms with van der Waals surface area (Å²) in [5.41, 5.74) is 0. The number of nitrogens with zero attached hydrogens (tertiary/aromatic N) is 1. The normalized spacial score (nSPS) is 26.5. The molecule has 1 saturated heterocycles. The van der Waals surface area contributed by atoms with Crippen molar-refractivity contribution in [2.24, 2.45) is 5.92 Å². The summed E-state index contributed by atoms with van der Waals surface area (Å²) in [5, 5.41) is 1.03. The van der Waals surface area contributed by atoms with E-state index in [9.17, 15) is 0 Å². The van der Waals surface area contributed by atoms with E-state index < -0.39 is 0 Å². The monoisotopic (exact) mass is 235 g/mol. The molecule has 12 heavy (non-hydrogen) atoms. The van der Waals surface area contributed by atoms with Gasteiger partial charge in [-0.3, -0.25) is 4.90 Å². The Bertz CT molecular complexity index is 130. The average Bonchev–Trinajstić information content (AvgIpc) is 2.04. The highest BCUT2D eigenvalue weighted by Gasteiger charge is 2.21. The molecule has 2 nitrogen and oxygen atoms in total. The van der Waals surface area contributed by atoms with Gasteiger partial charge in [0.1, 0.15) is 0 Å². The molecule has 1 aliphatic rings. The number of rotatable bonds is 3. The van der Waals surface area contributed by atoms with Gasteiger partial charge in [0.2, 0.25) is 0 Å². The minimum atomic E-state index is 0.584. The third-order valence-electron chi connectivity index (χ3n) is 2.13. The van der Waals surface area contributed by atoms with E-state index in [-0.39, 0.29) is 0 Å². The SMILES string of the molecule is CC(C)CN1CCOCC1CBr. The summed E-state index contributed by atoms with van der Waals surface area (Å²) in [6.45, 7) is 8.60. The second-order valence-electron chi connectivity index (χ2n) is 3.77. The molecule has 72 valence electrons. The fourth-order valence-electron chi connectivity index (χ4n) is 1.54. The van der Waals surface area contributed by atoms with Crippen LogP contribution in [0, 0.1) is 5.92 Å². The van der Waals surface area contributed by atoms with Gasteiger partial charge in [0, 0.05) is 24.5 Å². The lowest BCUT2D eigenvalue weighted by molar-refractivity contribution is -0.00296. The van der Waals surface area contributed by atoms with Crippen molar-refractivity contribution in [3.05, 3.63) is 0 Å². The van der Waals surface area contributed by atoms with Crippen molar-refractivity contribution in [3.63, 3.8) is 0 Å². The number of hydrogen-bond acceptors (Lipinski definition) is 2. The van der Waals surface area contributed by atoms with Gasteiger partial charge in [-0.2, -0.15) is 0 Å². The van der Waals surface area contributed by atoms with Crippen molar-refractivity contribution in [1.29, 1.82) is 0 Å². The first-order chi connectivity index (χ1) is 5.74. The number of alkyl halides is 1. The Labute approximate surface area is 83.4 Å². The molecular weight excluding hydrogens is 218 g/mol. The predicted molar refractivity (Wildman–Crippen MR) is 54.8 cm³/mol. The summed E-state index contributed by atoms with van der Waals surface area (Å²) in [6.07, 6.45) is 0. The Hall–Kier alpha value is 0.400. The lowest BCUT2D eigenvalue weighted by Crippen LogP contribution is -2.47. The molecule has 0 bridgehead atoms. The van der Waals surface area contributed by atoms with Crippen LogP contribution in [0.2, 0.25) is 0 Å². The Kier molecular flexibility index (Phi) is 4.54. The Morgan fingerprint density at radius 1 is 1.58 bits per heavy atom. The van der Waals surface area contributed by atoms with Crippen LogP contribution in [0.5, 0.6) is 0 Å². The molecule has 0 aromatic heterocycles. The molecule has 1 fully saturated rings. The van der Waals surface area contributed by atoms with Crippen LogP contribution in [0.25, 0.3) is 0 Å². The van der Waals surface area contributed by atoms with Crippen molar-refractivity contribution >= 4 is 15.9 Å². The fraction of sp³-hybridized carbons (Fsp3) is 1.00. The molecule has 1 atom stereocenters. The molecule has 0 aliphatic carbocycles. The minimum absolute atomic E-state index is 0.584. The zero-order valence-electron chi connectivity index (χ0n) is 7.92. The minimum Gasteiger partial charge on any atom is -0.378 e. The summed E-state index contributed by atoms with van der Waals surface area (Å²) >= 11 is 3.52. The van der Waals surface area contributed by atoms with Gasteiger partial charge >= 0.3 is 0 Å². The first kappa shape index (κ1) is 10.5. The van der Waals surface area contributed by atoms with Gasteiger partial charge in [-0.05, 0) is 5.92 Å². The van der Waals surface area contributed by atoms with Crippen LogP contribution in [-0.2, 0) is 4.74 Å². The lowest BCUT2D eigenvalue weighted by Gasteiger charge is -2.35. The number of hydrogen-bond donors (Lipinski definition) is 0. The average molecular weight is 236 g/mol. The summed E-state index contributed by atoms with van der Waals surface area (Å²) < 4.78 is 5.41. The highest BCUT2D eigenvalue weighted by atomic mass is 79.9. The molecule has 1 heterocycles. The van der Waals surface area contributed by atoms with Gasteiger partial charge in [0.05, 0.1) is 13.2 Å². The lowest BCUT2D eigenvalue weighted by atomic mass is 10.1. The summed E-state index contributed by atoms with van der Waals surface area (Å²) in [6, 6.07) is 0.584. The molecule has 0 N–H and O–H groups in total. The Morgan fingerprint density at radius 3 is 2.92 bits per heavy atom. The molecule has 1 rings (SSSR count). The van der Waals surface area contributed by atoms with E-state index in [0.717, 1.165) is 31.0 Å². The van der Waals surface area contributed by atoms with Gasteiger partial charge in [0.15, 0.2) is 0 Å². The molecule has 0 aromatic rings. The summed E-state index contributed by atoms with van der Waals surface area (Å²) in [7, 11) is 0. The Balaban J connectivity index is 2.36. The van der Waals surface area contributed by atoms with Crippen LogP contribution in [0.4, 0.5) is 0 Å². The Morgan fingerprint density at radius 2 is 2.33 bits per heavy atom. The van der Waals surface area contributed by atoms with E-state index in [2.05, 4.69) is 34.7 Å². The maximum absolute atomic E-state index is 5.41. The molecule has 0 aromatic carbocycles. The molecule has 3 heteroatoms. The van der Waals surface area contributed by atoms with Gasteiger partial charge < -0.3 is 4.74 Å². The van der Waals surface area contributed by atoms with E-state index in [0.29, 0.717) is 6.04 Å².